The lowest BCUT2D eigenvalue weighted by atomic mass is 10.1. The smallest absolute Gasteiger partial charge is 0.258 e. The van der Waals surface area contributed by atoms with Crippen molar-refractivity contribution in [1.82, 2.24) is 10.6 Å². The lowest BCUT2D eigenvalue weighted by Crippen LogP contribution is -2.39. The number of amides is 1. The van der Waals surface area contributed by atoms with Crippen LogP contribution in [0.3, 0.4) is 0 Å². The molecule has 0 spiro atoms. The Hall–Kier alpha value is -1.26. The lowest BCUT2D eigenvalue weighted by molar-refractivity contribution is -0.124. The molecule has 1 aromatic carbocycles. The third-order valence-electron chi connectivity index (χ3n) is 3.34. The van der Waals surface area contributed by atoms with Gasteiger partial charge in [0.2, 0.25) is 0 Å². The van der Waals surface area contributed by atoms with E-state index in [0.29, 0.717) is 23.2 Å². The minimum atomic E-state index is -0.111. The standard InChI is InChI=1S/C16H25ClN2O2/c1-5-18-9-13-8-14(17)6-7-15(13)21-10-16(20)19-12(4)11(2)3/h6-8,11-12,18H,5,9-10H2,1-4H3,(H,19,20). The van der Waals surface area contributed by atoms with Crippen LogP contribution in [0, 0.1) is 5.92 Å². The largest absolute Gasteiger partial charge is 0.483 e. The van der Waals surface area contributed by atoms with Gasteiger partial charge in [0.1, 0.15) is 5.75 Å². The van der Waals surface area contributed by atoms with Gasteiger partial charge in [0.25, 0.3) is 5.91 Å². The number of carbonyl (C=O) groups is 1. The summed E-state index contributed by atoms with van der Waals surface area (Å²) in [6.45, 7) is 9.69. The molecule has 21 heavy (non-hydrogen) atoms. The van der Waals surface area contributed by atoms with Gasteiger partial charge in [-0.05, 0) is 37.6 Å². The van der Waals surface area contributed by atoms with Crippen LogP contribution in [0.1, 0.15) is 33.3 Å². The Kier molecular flexibility index (Phi) is 7.54. The molecule has 0 heterocycles. The van der Waals surface area contributed by atoms with E-state index in [1.54, 1.807) is 12.1 Å². The Morgan fingerprint density at radius 3 is 2.67 bits per heavy atom. The van der Waals surface area contributed by atoms with E-state index in [2.05, 4.69) is 24.5 Å². The van der Waals surface area contributed by atoms with Crippen LogP contribution in [-0.4, -0.2) is 25.1 Å². The maximum atomic E-state index is 11.8. The maximum Gasteiger partial charge on any atom is 0.258 e. The van der Waals surface area contributed by atoms with Gasteiger partial charge in [-0.25, -0.2) is 0 Å². The minimum absolute atomic E-state index is 0.0117. The van der Waals surface area contributed by atoms with E-state index in [1.807, 2.05) is 19.9 Å². The SMILES string of the molecule is CCNCc1cc(Cl)ccc1OCC(=O)NC(C)C(C)C. The van der Waals surface area contributed by atoms with Crippen molar-refractivity contribution in [2.24, 2.45) is 5.92 Å². The number of benzene rings is 1. The van der Waals surface area contributed by atoms with E-state index in [4.69, 9.17) is 16.3 Å². The number of ether oxygens (including phenoxy) is 1. The van der Waals surface area contributed by atoms with E-state index in [-0.39, 0.29) is 18.6 Å². The molecule has 1 amide bonds. The Balaban J connectivity index is 2.59. The zero-order chi connectivity index (χ0) is 15.8. The summed E-state index contributed by atoms with van der Waals surface area (Å²) in [4.78, 5) is 11.8. The molecular weight excluding hydrogens is 288 g/mol. The maximum absolute atomic E-state index is 11.8. The highest BCUT2D eigenvalue weighted by Crippen LogP contribution is 2.22. The van der Waals surface area contributed by atoms with Crippen LogP contribution in [0.15, 0.2) is 18.2 Å². The molecule has 0 radical (unpaired) electrons. The number of nitrogens with one attached hydrogen (secondary N) is 2. The highest BCUT2D eigenvalue weighted by molar-refractivity contribution is 6.30. The molecular formula is C16H25ClN2O2. The van der Waals surface area contributed by atoms with Crippen molar-refractivity contribution >= 4 is 17.5 Å². The van der Waals surface area contributed by atoms with Gasteiger partial charge in [-0.3, -0.25) is 4.79 Å². The van der Waals surface area contributed by atoms with Crippen molar-refractivity contribution in [1.29, 1.82) is 0 Å². The number of hydrogen-bond donors (Lipinski definition) is 2. The van der Waals surface area contributed by atoms with Crippen LogP contribution in [0.25, 0.3) is 0 Å². The van der Waals surface area contributed by atoms with Crippen molar-refractivity contribution in [2.75, 3.05) is 13.2 Å². The number of rotatable bonds is 8. The molecule has 118 valence electrons. The third kappa shape index (κ3) is 6.36. The molecule has 0 bridgehead atoms. The predicted octanol–water partition coefficient (Wildman–Crippen LogP) is 2.99. The fourth-order valence-electron chi connectivity index (χ4n) is 1.69. The summed E-state index contributed by atoms with van der Waals surface area (Å²) < 4.78 is 5.62. The Morgan fingerprint density at radius 2 is 2.05 bits per heavy atom. The van der Waals surface area contributed by atoms with Crippen LogP contribution >= 0.6 is 11.6 Å². The Labute approximate surface area is 132 Å². The average Bonchev–Trinajstić information content (AvgIpc) is 2.43. The van der Waals surface area contributed by atoms with Crippen LogP contribution in [0.2, 0.25) is 5.02 Å². The zero-order valence-electron chi connectivity index (χ0n) is 13.2. The summed E-state index contributed by atoms with van der Waals surface area (Å²) in [5.41, 5.74) is 0.953. The summed E-state index contributed by atoms with van der Waals surface area (Å²) >= 11 is 6.00. The number of carbonyl (C=O) groups excluding carboxylic acids is 1. The number of hydrogen-bond acceptors (Lipinski definition) is 3. The normalized spacial score (nSPS) is 12.3. The second kappa shape index (κ2) is 8.90. The van der Waals surface area contributed by atoms with Crippen molar-refractivity contribution in [2.45, 2.75) is 40.3 Å². The van der Waals surface area contributed by atoms with Crippen molar-refractivity contribution in [3.63, 3.8) is 0 Å². The van der Waals surface area contributed by atoms with Gasteiger partial charge in [-0.2, -0.15) is 0 Å². The van der Waals surface area contributed by atoms with Gasteiger partial charge in [-0.1, -0.05) is 32.4 Å². The molecule has 1 rings (SSSR count). The Bertz CT molecular complexity index is 464. The zero-order valence-corrected chi connectivity index (χ0v) is 14.0. The van der Waals surface area contributed by atoms with Gasteiger partial charge in [0.15, 0.2) is 6.61 Å². The molecule has 0 aliphatic heterocycles. The van der Waals surface area contributed by atoms with Gasteiger partial charge < -0.3 is 15.4 Å². The molecule has 0 aromatic heterocycles. The highest BCUT2D eigenvalue weighted by atomic mass is 35.5. The third-order valence-corrected chi connectivity index (χ3v) is 3.57. The van der Waals surface area contributed by atoms with Gasteiger partial charge in [0.05, 0.1) is 0 Å². The topological polar surface area (TPSA) is 50.4 Å². The summed E-state index contributed by atoms with van der Waals surface area (Å²) in [5, 5.41) is 6.81. The lowest BCUT2D eigenvalue weighted by Gasteiger charge is -2.18. The highest BCUT2D eigenvalue weighted by Gasteiger charge is 2.12. The van der Waals surface area contributed by atoms with E-state index < -0.39 is 0 Å². The van der Waals surface area contributed by atoms with Crippen molar-refractivity contribution in [3.8, 4) is 5.75 Å². The first-order chi connectivity index (χ1) is 9.93. The second-order valence-electron chi connectivity index (χ2n) is 5.42. The van der Waals surface area contributed by atoms with Crippen LogP contribution in [-0.2, 0) is 11.3 Å². The van der Waals surface area contributed by atoms with Crippen molar-refractivity contribution in [3.05, 3.63) is 28.8 Å². The molecule has 0 fully saturated rings. The van der Waals surface area contributed by atoms with E-state index in [9.17, 15) is 4.79 Å². The molecule has 1 atom stereocenters. The van der Waals surface area contributed by atoms with E-state index >= 15 is 0 Å². The van der Waals surface area contributed by atoms with Gasteiger partial charge in [0, 0.05) is 23.2 Å². The monoisotopic (exact) mass is 312 g/mol. The fourth-order valence-corrected chi connectivity index (χ4v) is 1.89. The molecule has 1 unspecified atom stereocenters. The second-order valence-corrected chi connectivity index (χ2v) is 5.86. The first kappa shape index (κ1) is 17.8. The molecule has 4 nitrogen and oxygen atoms in total. The van der Waals surface area contributed by atoms with Gasteiger partial charge >= 0.3 is 0 Å². The molecule has 0 saturated carbocycles. The molecule has 0 aliphatic carbocycles. The first-order valence-corrected chi connectivity index (χ1v) is 7.73. The predicted molar refractivity (Wildman–Crippen MR) is 86.8 cm³/mol. The van der Waals surface area contributed by atoms with Crippen LogP contribution in [0.5, 0.6) is 5.75 Å². The fraction of sp³-hybridized carbons (Fsp3) is 0.562. The molecule has 2 N–H and O–H groups in total. The van der Waals surface area contributed by atoms with E-state index in [1.165, 1.54) is 0 Å². The molecule has 0 saturated heterocycles. The summed E-state index contributed by atoms with van der Waals surface area (Å²) in [7, 11) is 0. The van der Waals surface area contributed by atoms with Crippen LogP contribution in [0.4, 0.5) is 0 Å². The first-order valence-electron chi connectivity index (χ1n) is 7.35. The quantitative estimate of drug-likeness (QED) is 0.776. The molecule has 1 aromatic rings. The van der Waals surface area contributed by atoms with Crippen LogP contribution < -0.4 is 15.4 Å². The average molecular weight is 313 g/mol. The minimum Gasteiger partial charge on any atom is -0.483 e. The van der Waals surface area contributed by atoms with E-state index in [0.717, 1.165) is 12.1 Å². The number of halogens is 1. The summed E-state index contributed by atoms with van der Waals surface area (Å²) in [5.74, 6) is 0.974. The summed E-state index contributed by atoms with van der Waals surface area (Å²) in [6.07, 6.45) is 0. The summed E-state index contributed by atoms with van der Waals surface area (Å²) in [6, 6.07) is 5.55. The molecule has 0 aliphatic rings. The molecule has 5 heteroatoms. The van der Waals surface area contributed by atoms with Crippen molar-refractivity contribution < 1.29 is 9.53 Å². The van der Waals surface area contributed by atoms with Gasteiger partial charge in [-0.15, -0.1) is 0 Å². The Morgan fingerprint density at radius 1 is 1.33 bits per heavy atom.